The number of aromatic nitrogens is 1. The molecule has 0 atom stereocenters. The molecule has 0 saturated heterocycles. The largest absolute Gasteiger partial charge is 0.256 e. The molecule has 1 heteroatoms. The van der Waals surface area contributed by atoms with Crippen molar-refractivity contribution in [1.82, 2.24) is 4.98 Å². The molecule has 0 spiro atoms. The Hall–Kier alpha value is -5.01. The Bertz CT molecular complexity index is 1700. The van der Waals surface area contributed by atoms with Crippen LogP contribution in [0.25, 0.3) is 16.8 Å². The lowest BCUT2D eigenvalue weighted by atomic mass is 9.83. The standard InChI is InChI=1S/C44H45N/c1-6-9-26-41(34(4)5)44(42(19-7-2)36(8-3)33-35-20-12-10-13-21-35)40-23-15-11-14-22-37(24-18-25-40)38-28-30-39(31-29-38)43-27-16-17-32-45-43/h6-7,9-10,12-17,19-32H,1,4,8,11,18,33H2,2-3,5H3/b19-7-,22-14-,23-15-,26-9-,37-24+,40-25?,42-36?,44-41-. The van der Waals surface area contributed by atoms with Crippen LogP contribution in [0.1, 0.15) is 51.2 Å². The summed E-state index contributed by atoms with van der Waals surface area (Å²) in [5.41, 5.74) is 13.0. The van der Waals surface area contributed by atoms with Gasteiger partial charge in [-0.05, 0) is 90.7 Å². The summed E-state index contributed by atoms with van der Waals surface area (Å²) in [5, 5.41) is 0. The highest BCUT2D eigenvalue weighted by Gasteiger charge is 2.17. The lowest BCUT2D eigenvalue weighted by Gasteiger charge is -2.21. The number of benzene rings is 2. The Morgan fingerprint density at radius 3 is 2.22 bits per heavy atom. The second kappa shape index (κ2) is 17.3. The Morgan fingerprint density at radius 2 is 1.56 bits per heavy atom. The first-order valence-corrected chi connectivity index (χ1v) is 15.9. The van der Waals surface area contributed by atoms with Gasteiger partial charge in [-0.25, -0.2) is 0 Å². The molecule has 0 bridgehead atoms. The lowest BCUT2D eigenvalue weighted by molar-refractivity contribution is 0.983. The van der Waals surface area contributed by atoms with Gasteiger partial charge in [-0.15, -0.1) is 0 Å². The molecule has 0 aliphatic heterocycles. The van der Waals surface area contributed by atoms with Gasteiger partial charge in [0, 0.05) is 11.8 Å². The minimum Gasteiger partial charge on any atom is -0.256 e. The van der Waals surface area contributed by atoms with Crippen LogP contribution in [0.4, 0.5) is 0 Å². The van der Waals surface area contributed by atoms with Crippen molar-refractivity contribution in [2.24, 2.45) is 0 Å². The number of hydrogen-bond acceptors (Lipinski definition) is 1. The molecule has 0 unspecified atom stereocenters. The molecule has 0 saturated carbocycles. The van der Waals surface area contributed by atoms with Gasteiger partial charge in [0.1, 0.15) is 0 Å². The molecule has 0 amide bonds. The number of nitrogens with zero attached hydrogens (tertiary/aromatic N) is 1. The van der Waals surface area contributed by atoms with Gasteiger partial charge in [0.05, 0.1) is 5.69 Å². The van der Waals surface area contributed by atoms with Gasteiger partial charge < -0.3 is 0 Å². The fourth-order valence-electron chi connectivity index (χ4n) is 5.54. The van der Waals surface area contributed by atoms with Crippen LogP contribution >= 0.6 is 0 Å². The maximum absolute atomic E-state index is 4.51. The van der Waals surface area contributed by atoms with E-state index in [4.69, 9.17) is 0 Å². The van der Waals surface area contributed by atoms with Gasteiger partial charge in [-0.1, -0.05) is 159 Å². The highest BCUT2D eigenvalue weighted by molar-refractivity contribution is 5.76. The highest BCUT2D eigenvalue weighted by Crippen LogP contribution is 2.35. The molecule has 3 aromatic rings. The molecule has 226 valence electrons. The number of allylic oxidation sites excluding steroid dienone is 18. The van der Waals surface area contributed by atoms with E-state index in [0.717, 1.165) is 48.1 Å². The number of hydrogen-bond donors (Lipinski definition) is 0. The van der Waals surface area contributed by atoms with Crippen LogP contribution in [0.3, 0.4) is 0 Å². The topological polar surface area (TPSA) is 12.9 Å². The Morgan fingerprint density at radius 1 is 0.822 bits per heavy atom. The molecule has 45 heavy (non-hydrogen) atoms. The third kappa shape index (κ3) is 9.24. The molecule has 4 rings (SSSR count). The van der Waals surface area contributed by atoms with E-state index < -0.39 is 0 Å². The third-order valence-electron chi connectivity index (χ3n) is 7.81. The second-order valence-corrected chi connectivity index (χ2v) is 11.1. The number of pyridine rings is 1. The summed E-state index contributed by atoms with van der Waals surface area (Å²) in [6, 6.07) is 25.5. The fourth-order valence-corrected chi connectivity index (χ4v) is 5.54. The quantitative estimate of drug-likeness (QED) is 0.203. The van der Waals surface area contributed by atoms with Gasteiger partial charge in [-0.2, -0.15) is 0 Å². The SMILES string of the molecule is C=C/C=C\C(C(=C)C)=C(/C1=CC/C=C(c2ccc(-c3ccccn3)cc2)\C=C/C/C=C\1)C(/C=C\C)=C(CC)Cc1ccccc1. The first-order chi connectivity index (χ1) is 22.0. The summed E-state index contributed by atoms with van der Waals surface area (Å²) in [4.78, 5) is 4.51. The van der Waals surface area contributed by atoms with E-state index in [1.54, 1.807) is 0 Å². The minimum absolute atomic E-state index is 0.794. The molecule has 1 aliphatic rings. The Labute approximate surface area is 271 Å². The first kappa shape index (κ1) is 32.9. The predicted molar refractivity (Wildman–Crippen MR) is 197 cm³/mol. The zero-order valence-corrected chi connectivity index (χ0v) is 27.0. The normalized spacial score (nSPS) is 17.5. The van der Waals surface area contributed by atoms with E-state index in [2.05, 4.69) is 148 Å². The molecule has 0 N–H and O–H groups in total. The molecule has 1 heterocycles. The van der Waals surface area contributed by atoms with E-state index in [9.17, 15) is 0 Å². The Kier molecular flexibility index (Phi) is 12.7. The van der Waals surface area contributed by atoms with Crippen LogP contribution in [0.2, 0.25) is 0 Å². The van der Waals surface area contributed by atoms with Gasteiger partial charge in [0.15, 0.2) is 0 Å². The molecule has 1 nitrogen and oxygen atoms in total. The summed E-state index contributed by atoms with van der Waals surface area (Å²) in [6.07, 6.45) is 29.5. The zero-order chi connectivity index (χ0) is 31.9. The van der Waals surface area contributed by atoms with Gasteiger partial charge in [-0.3, -0.25) is 4.98 Å². The summed E-state index contributed by atoms with van der Waals surface area (Å²) < 4.78 is 0. The average Bonchev–Trinajstić information content (AvgIpc) is 3.08. The molecule has 1 aliphatic carbocycles. The Balaban J connectivity index is 1.83. The van der Waals surface area contributed by atoms with Crippen molar-refractivity contribution in [2.45, 2.75) is 46.5 Å². The predicted octanol–water partition coefficient (Wildman–Crippen LogP) is 12.1. The maximum Gasteiger partial charge on any atom is 0.0701 e. The van der Waals surface area contributed by atoms with E-state index in [-0.39, 0.29) is 0 Å². The van der Waals surface area contributed by atoms with Crippen molar-refractivity contribution in [3.8, 4) is 11.3 Å². The van der Waals surface area contributed by atoms with Gasteiger partial charge >= 0.3 is 0 Å². The van der Waals surface area contributed by atoms with Crippen LogP contribution in [-0.2, 0) is 6.42 Å². The maximum atomic E-state index is 4.51. The third-order valence-corrected chi connectivity index (χ3v) is 7.81. The average molecular weight is 588 g/mol. The van der Waals surface area contributed by atoms with E-state index in [1.807, 2.05) is 36.5 Å². The van der Waals surface area contributed by atoms with E-state index in [1.165, 1.54) is 39.0 Å². The molecule has 1 aromatic heterocycles. The smallest absolute Gasteiger partial charge is 0.0701 e. The monoisotopic (exact) mass is 587 g/mol. The molecule has 0 radical (unpaired) electrons. The van der Waals surface area contributed by atoms with Crippen molar-refractivity contribution in [1.29, 1.82) is 0 Å². The van der Waals surface area contributed by atoms with E-state index in [0.29, 0.717) is 0 Å². The van der Waals surface area contributed by atoms with E-state index >= 15 is 0 Å². The van der Waals surface area contributed by atoms with Gasteiger partial charge in [0.25, 0.3) is 0 Å². The van der Waals surface area contributed by atoms with Gasteiger partial charge in [0.2, 0.25) is 0 Å². The van der Waals surface area contributed by atoms with Crippen LogP contribution in [0.15, 0.2) is 192 Å². The first-order valence-electron chi connectivity index (χ1n) is 15.9. The summed E-state index contributed by atoms with van der Waals surface area (Å²) >= 11 is 0. The van der Waals surface area contributed by atoms with Crippen molar-refractivity contribution < 1.29 is 0 Å². The van der Waals surface area contributed by atoms with Crippen LogP contribution in [0.5, 0.6) is 0 Å². The summed E-state index contributed by atoms with van der Waals surface area (Å²) in [7, 11) is 0. The fraction of sp³-hybridized carbons (Fsp3) is 0.159. The molecular formula is C44H45N. The molecule has 2 aromatic carbocycles. The van der Waals surface area contributed by atoms with Crippen LogP contribution < -0.4 is 0 Å². The van der Waals surface area contributed by atoms with Crippen molar-refractivity contribution in [3.05, 3.63) is 204 Å². The van der Waals surface area contributed by atoms with Crippen molar-refractivity contribution >= 4 is 5.57 Å². The van der Waals surface area contributed by atoms with Crippen LogP contribution in [-0.4, -0.2) is 4.98 Å². The summed E-state index contributed by atoms with van der Waals surface area (Å²) in [5.74, 6) is 0. The number of rotatable bonds is 11. The zero-order valence-electron chi connectivity index (χ0n) is 27.0. The highest BCUT2D eigenvalue weighted by atomic mass is 14.7. The van der Waals surface area contributed by atoms with Crippen LogP contribution in [0, 0.1) is 0 Å². The van der Waals surface area contributed by atoms with Crippen molar-refractivity contribution in [2.75, 3.05) is 0 Å². The minimum atomic E-state index is 0.794. The molecule has 0 fully saturated rings. The summed E-state index contributed by atoms with van der Waals surface area (Å²) in [6.45, 7) is 14.8. The lowest BCUT2D eigenvalue weighted by Crippen LogP contribution is -2.03. The van der Waals surface area contributed by atoms with Crippen molar-refractivity contribution in [3.63, 3.8) is 0 Å². The molecular weight excluding hydrogens is 542 g/mol. The second-order valence-electron chi connectivity index (χ2n) is 11.1.